The number of hydrogen-bond donors (Lipinski definition) is 1. The van der Waals surface area contributed by atoms with Crippen LogP contribution in [0.3, 0.4) is 0 Å². The van der Waals surface area contributed by atoms with Gasteiger partial charge in [-0.3, -0.25) is 4.79 Å². The number of benzene rings is 1. The third-order valence-corrected chi connectivity index (χ3v) is 4.00. The average molecular weight is 311 g/mol. The van der Waals surface area contributed by atoms with Crippen molar-refractivity contribution in [2.24, 2.45) is 0 Å². The Balaban J connectivity index is 2.20. The van der Waals surface area contributed by atoms with Crippen molar-refractivity contribution >= 4 is 28.9 Å². The Morgan fingerprint density at radius 1 is 1.30 bits per heavy atom. The van der Waals surface area contributed by atoms with Crippen LogP contribution in [-0.2, 0) is 11.2 Å². The zero-order valence-electron chi connectivity index (χ0n) is 10.8. The monoisotopic (exact) mass is 310 g/mol. The second kappa shape index (κ2) is 7.31. The molecule has 0 radical (unpaired) electrons. The molecule has 0 bridgehead atoms. The van der Waals surface area contributed by atoms with Gasteiger partial charge in [0.1, 0.15) is 11.9 Å². The Labute approximate surface area is 126 Å². The number of aliphatic carboxylic acids is 1. The van der Waals surface area contributed by atoms with E-state index in [2.05, 4.69) is 0 Å². The third kappa shape index (κ3) is 3.99. The number of para-hydroxylation sites is 1. The van der Waals surface area contributed by atoms with Crippen molar-refractivity contribution < 1.29 is 14.6 Å². The van der Waals surface area contributed by atoms with Crippen LogP contribution >= 0.6 is 22.9 Å². The van der Waals surface area contributed by atoms with Gasteiger partial charge in [-0.1, -0.05) is 24.3 Å². The van der Waals surface area contributed by atoms with Crippen molar-refractivity contribution in [1.29, 1.82) is 0 Å². The number of ether oxygens (including phenoxy) is 1. The van der Waals surface area contributed by atoms with Crippen LogP contribution in [0.25, 0.3) is 0 Å². The fourth-order valence-electron chi connectivity index (χ4n) is 1.91. The first-order chi connectivity index (χ1) is 9.70. The molecule has 1 aromatic carbocycles. The van der Waals surface area contributed by atoms with Gasteiger partial charge in [0.2, 0.25) is 0 Å². The highest BCUT2D eigenvalue weighted by molar-refractivity contribution is 7.10. The summed E-state index contributed by atoms with van der Waals surface area (Å²) in [4.78, 5) is 12.0. The van der Waals surface area contributed by atoms with Gasteiger partial charge in [-0.2, -0.15) is 0 Å². The number of carboxylic acid groups (broad SMARTS) is 1. The summed E-state index contributed by atoms with van der Waals surface area (Å²) >= 11 is 7.44. The highest BCUT2D eigenvalue weighted by Gasteiger charge is 2.16. The van der Waals surface area contributed by atoms with Crippen LogP contribution < -0.4 is 4.74 Å². The van der Waals surface area contributed by atoms with E-state index in [4.69, 9.17) is 21.4 Å². The first-order valence-corrected chi connectivity index (χ1v) is 7.68. The predicted molar refractivity (Wildman–Crippen MR) is 80.8 cm³/mol. The Hall–Kier alpha value is -1.52. The van der Waals surface area contributed by atoms with Gasteiger partial charge >= 0.3 is 5.97 Å². The van der Waals surface area contributed by atoms with Crippen LogP contribution in [0.15, 0.2) is 41.8 Å². The summed E-state index contributed by atoms with van der Waals surface area (Å²) in [5.74, 6) is 0.230. The molecule has 1 unspecified atom stereocenters. The van der Waals surface area contributed by atoms with Crippen LogP contribution in [-0.4, -0.2) is 17.0 Å². The molecule has 0 amide bonds. The molecule has 3 nitrogen and oxygen atoms in total. The van der Waals surface area contributed by atoms with Gasteiger partial charge < -0.3 is 9.84 Å². The summed E-state index contributed by atoms with van der Waals surface area (Å²) in [5.41, 5.74) is 0.677. The number of hydrogen-bond acceptors (Lipinski definition) is 3. The lowest BCUT2D eigenvalue weighted by atomic mass is 10.1. The van der Waals surface area contributed by atoms with Gasteiger partial charge in [0.25, 0.3) is 0 Å². The SMILES string of the molecule is O=C(O)Cc1ccccc1OC(CCCl)c1cccs1. The summed E-state index contributed by atoms with van der Waals surface area (Å²) < 4.78 is 5.99. The lowest BCUT2D eigenvalue weighted by molar-refractivity contribution is -0.136. The molecule has 0 fully saturated rings. The second-order valence-electron chi connectivity index (χ2n) is 4.28. The van der Waals surface area contributed by atoms with Gasteiger partial charge in [0.05, 0.1) is 6.42 Å². The Morgan fingerprint density at radius 2 is 2.10 bits per heavy atom. The molecule has 1 aromatic heterocycles. The Kier molecular flexibility index (Phi) is 5.44. The predicted octanol–water partition coefficient (Wildman–Crippen LogP) is 4.12. The molecule has 0 saturated carbocycles. The van der Waals surface area contributed by atoms with Crippen LogP contribution in [0.4, 0.5) is 0 Å². The lowest BCUT2D eigenvalue weighted by Gasteiger charge is -2.19. The summed E-state index contributed by atoms with van der Waals surface area (Å²) in [7, 11) is 0. The average Bonchev–Trinajstić information content (AvgIpc) is 2.93. The molecule has 1 heterocycles. The largest absolute Gasteiger partial charge is 0.485 e. The summed E-state index contributed by atoms with van der Waals surface area (Å²) in [6.07, 6.45) is 0.500. The second-order valence-corrected chi connectivity index (χ2v) is 5.64. The van der Waals surface area contributed by atoms with Crippen LogP contribution in [0.5, 0.6) is 5.75 Å². The Morgan fingerprint density at radius 3 is 2.75 bits per heavy atom. The van der Waals surface area contributed by atoms with Crippen LogP contribution in [0.2, 0.25) is 0 Å². The highest BCUT2D eigenvalue weighted by atomic mass is 35.5. The number of halogens is 1. The van der Waals surface area contributed by atoms with E-state index in [9.17, 15) is 4.79 Å². The van der Waals surface area contributed by atoms with Gasteiger partial charge in [-0.15, -0.1) is 22.9 Å². The number of carboxylic acids is 1. The van der Waals surface area contributed by atoms with Crippen molar-refractivity contribution in [3.05, 3.63) is 52.2 Å². The third-order valence-electron chi connectivity index (χ3n) is 2.82. The number of rotatable bonds is 7. The molecule has 106 valence electrons. The maximum Gasteiger partial charge on any atom is 0.307 e. The molecule has 5 heteroatoms. The van der Waals surface area contributed by atoms with Crippen LogP contribution in [0, 0.1) is 0 Å². The van der Waals surface area contributed by atoms with Crippen molar-refractivity contribution in [2.45, 2.75) is 18.9 Å². The fraction of sp³-hybridized carbons (Fsp3) is 0.267. The van der Waals surface area contributed by atoms with E-state index < -0.39 is 5.97 Å². The molecule has 0 spiro atoms. The van der Waals surface area contributed by atoms with E-state index in [1.807, 2.05) is 29.6 Å². The maximum atomic E-state index is 10.9. The molecule has 20 heavy (non-hydrogen) atoms. The first kappa shape index (κ1) is 14.9. The molecule has 0 saturated heterocycles. The molecule has 0 aliphatic rings. The van der Waals surface area contributed by atoms with Gasteiger partial charge in [0.15, 0.2) is 0 Å². The first-order valence-electron chi connectivity index (χ1n) is 6.26. The van der Waals surface area contributed by atoms with Gasteiger partial charge in [0, 0.05) is 22.7 Å². The zero-order valence-corrected chi connectivity index (χ0v) is 12.4. The van der Waals surface area contributed by atoms with E-state index >= 15 is 0 Å². The lowest BCUT2D eigenvalue weighted by Crippen LogP contribution is -2.10. The van der Waals surface area contributed by atoms with E-state index in [1.165, 1.54) is 0 Å². The summed E-state index contributed by atoms with van der Waals surface area (Å²) in [6, 6.07) is 11.2. The molecule has 0 aliphatic carbocycles. The van der Waals surface area contributed by atoms with Crippen LogP contribution in [0.1, 0.15) is 23.0 Å². The van der Waals surface area contributed by atoms with E-state index in [0.29, 0.717) is 23.6 Å². The van der Waals surface area contributed by atoms with E-state index in [-0.39, 0.29) is 12.5 Å². The number of alkyl halides is 1. The minimum absolute atomic E-state index is 0.0474. The minimum atomic E-state index is -0.869. The molecular formula is C15H15ClO3S. The molecular weight excluding hydrogens is 296 g/mol. The summed E-state index contributed by atoms with van der Waals surface area (Å²) in [5, 5.41) is 10.9. The van der Waals surface area contributed by atoms with Crippen molar-refractivity contribution in [3.8, 4) is 5.75 Å². The number of carbonyl (C=O) groups is 1. The van der Waals surface area contributed by atoms with Crippen molar-refractivity contribution in [1.82, 2.24) is 0 Å². The molecule has 2 aromatic rings. The fourth-order valence-corrected chi connectivity index (χ4v) is 2.90. The topological polar surface area (TPSA) is 46.5 Å². The van der Waals surface area contributed by atoms with Crippen molar-refractivity contribution in [2.75, 3.05) is 5.88 Å². The zero-order chi connectivity index (χ0) is 14.4. The molecule has 0 aliphatic heterocycles. The smallest absolute Gasteiger partial charge is 0.307 e. The van der Waals surface area contributed by atoms with Gasteiger partial charge in [-0.25, -0.2) is 0 Å². The molecule has 1 N–H and O–H groups in total. The molecule has 1 atom stereocenters. The van der Waals surface area contributed by atoms with Gasteiger partial charge in [-0.05, 0) is 17.5 Å². The maximum absolute atomic E-state index is 10.9. The standard InChI is InChI=1S/C15H15ClO3S/c16-8-7-13(14-6-3-9-20-14)19-12-5-2-1-4-11(12)10-15(17)18/h1-6,9,13H,7-8,10H2,(H,17,18). The van der Waals surface area contributed by atoms with Crippen molar-refractivity contribution in [3.63, 3.8) is 0 Å². The number of thiophene rings is 1. The molecule has 2 rings (SSSR count). The summed E-state index contributed by atoms with van der Waals surface area (Å²) in [6.45, 7) is 0. The normalized spacial score (nSPS) is 12.1. The Bertz CT molecular complexity index is 554. The minimum Gasteiger partial charge on any atom is -0.485 e. The van der Waals surface area contributed by atoms with E-state index in [0.717, 1.165) is 4.88 Å². The highest BCUT2D eigenvalue weighted by Crippen LogP contribution is 2.30. The quantitative estimate of drug-likeness (QED) is 0.782. The van der Waals surface area contributed by atoms with E-state index in [1.54, 1.807) is 23.5 Å².